The molecule has 26 heavy (non-hydrogen) atoms. The average molecular weight is 350 g/mol. The van der Waals surface area contributed by atoms with Crippen LogP contribution in [0.5, 0.6) is 11.6 Å². The van der Waals surface area contributed by atoms with Crippen LogP contribution in [0.4, 0.5) is 5.82 Å². The van der Waals surface area contributed by atoms with Crippen LogP contribution in [0.2, 0.25) is 0 Å². The maximum absolute atomic E-state index is 10.4. The van der Waals surface area contributed by atoms with Crippen LogP contribution in [0.3, 0.4) is 0 Å². The molecular weight excluding hydrogens is 332 g/mol. The standard InChI is InChI=1S/C18H18N6O2/c1-26-17-9-14(20-11-21-17)12-8-15(25)18(19-10-12)13-4-5-16(23-22-13)24-6-2-3-7-24/h4-5,8-11,25H,2-3,6-7H2,1H3. The molecule has 3 aromatic heterocycles. The van der Waals surface area contributed by atoms with Crippen LogP contribution in [0, 0.1) is 0 Å². The Morgan fingerprint density at radius 1 is 1.00 bits per heavy atom. The van der Waals surface area contributed by atoms with Gasteiger partial charge in [0, 0.05) is 30.9 Å². The molecule has 0 unspecified atom stereocenters. The van der Waals surface area contributed by atoms with Gasteiger partial charge in [-0.05, 0) is 31.0 Å². The van der Waals surface area contributed by atoms with Gasteiger partial charge in [0.2, 0.25) is 5.88 Å². The zero-order chi connectivity index (χ0) is 17.9. The van der Waals surface area contributed by atoms with Crippen molar-refractivity contribution in [3.63, 3.8) is 0 Å². The van der Waals surface area contributed by atoms with Crippen molar-refractivity contribution in [3.05, 3.63) is 36.8 Å². The van der Waals surface area contributed by atoms with Gasteiger partial charge in [0.05, 0.1) is 12.8 Å². The van der Waals surface area contributed by atoms with E-state index in [1.54, 1.807) is 18.3 Å². The lowest BCUT2D eigenvalue weighted by Gasteiger charge is -2.15. The van der Waals surface area contributed by atoms with E-state index in [9.17, 15) is 5.11 Å². The second kappa shape index (κ2) is 6.91. The van der Waals surface area contributed by atoms with E-state index in [1.165, 1.54) is 26.3 Å². The number of aromatic nitrogens is 5. The normalized spacial score (nSPS) is 13.8. The molecular formula is C18H18N6O2. The number of hydrogen-bond donors (Lipinski definition) is 1. The predicted molar refractivity (Wildman–Crippen MR) is 96.0 cm³/mol. The van der Waals surface area contributed by atoms with Crippen LogP contribution in [-0.2, 0) is 0 Å². The van der Waals surface area contributed by atoms with E-state index < -0.39 is 0 Å². The smallest absolute Gasteiger partial charge is 0.216 e. The van der Waals surface area contributed by atoms with Crippen LogP contribution in [0.15, 0.2) is 36.8 Å². The molecule has 4 rings (SSSR count). The molecule has 132 valence electrons. The van der Waals surface area contributed by atoms with Crippen LogP contribution >= 0.6 is 0 Å². The molecule has 0 radical (unpaired) electrons. The van der Waals surface area contributed by atoms with Gasteiger partial charge in [0.1, 0.15) is 23.5 Å². The lowest BCUT2D eigenvalue weighted by molar-refractivity contribution is 0.397. The van der Waals surface area contributed by atoms with Gasteiger partial charge in [-0.15, -0.1) is 10.2 Å². The van der Waals surface area contributed by atoms with Gasteiger partial charge in [-0.3, -0.25) is 0 Å². The highest BCUT2D eigenvalue weighted by Gasteiger charge is 2.16. The minimum atomic E-state index is 0.0169. The van der Waals surface area contributed by atoms with Crippen molar-refractivity contribution in [2.24, 2.45) is 0 Å². The molecule has 0 aliphatic carbocycles. The second-order valence-electron chi connectivity index (χ2n) is 6.01. The van der Waals surface area contributed by atoms with E-state index >= 15 is 0 Å². The summed E-state index contributed by atoms with van der Waals surface area (Å²) >= 11 is 0. The Kier molecular flexibility index (Phi) is 4.30. The molecule has 1 fully saturated rings. The second-order valence-corrected chi connectivity index (χ2v) is 6.01. The fourth-order valence-electron chi connectivity index (χ4n) is 2.97. The van der Waals surface area contributed by atoms with Gasteiger partial charge >= 0.3 is 0 Å². The molecule has 0 saturated carbocycles. The number of hydrogen-bond acceptors (Lipinski definition) is 8. The minimum Gasteiger partial charge on any atom is -0.506 e. The lowest BCUT2D eigenvalue weighted by atomic mass is 10.1. The van der Waals surface area contributed by atoms with Gasteiger partial charge in [-0.25, -0.2) is 15.0 Å². The van der Waals surface area contributed by atoms with Crippen molar-refractivity contribution in [3.8, 4) is 34.3 Å². The molecule has 1 saturated heterocycles. The SMILES string of the molecule is COc1cc(-c2cnc(-c3ccc(N4CCCC4)nn3)c(O)c2)ncn1. The van der Waals surface area contributed by atoms with E-state index in [4.69, 9.17) is 4.74 Å². The molecule has 0 amide bonds. The van der Waals surface area contributed by atoms with E-state index in [1.807, 2.05) is 12.1 Å². The van der Waals surface area contributed by atoms with Crippen LogP contribution in [0.1, 0.15) is 12.8 Å². The van der Waals surface area contributed by atoms with Crippen LogP contribution in [-0.4, -0.2) is 50.5 Å². The zero-order valence-corrected chi connectivity index (χ0v) is 14.3. The maximum atomic E-state index is 10.4. The Labute approximate surface area is 150 Å². The highest BCUT2D eigenvalue weighted by atomic mass is 16.5. The Balaban J connectivity index is 1.61. The Hall–Kier alpha value is -3.29. The Bertz CT molecular complexity index is 910. The number of anilines is 1. The van der Waals surface area contributed by atoms with Gasteiger partial charge in [-0.2, -0.15) is 0 Å². The average Bonchev–Trinajstić information content (AvgIpc) is 3.23. The number of pyridine rings is 1. The Morgan fingerprint density at radius 2 is 1.85 bits per heavy atom. The summed E-state index contributed by atoms with van der Waals surface area (Å²) in [6.45, 7) is 2.02. The van der Waals surface area contributed by atoms with Crippen molar-refractivity contribution >= 4 is 5.82 Å². The van der Waals surface area contributed by atoms with Crippen LogP contribution < -0.4 is 9.64 Å². The molecule has 4 heterocycles. The number of methoxy groups -OCH3 is 1. The fraction of sp³-hybridized carbons (Fsp3) is 0.278. The largest absolute Gasteiger partial charge is 0.506 e. The third-order valence-corrected chi connectivity index (χ3v) is 4.34. The Morgan fingerprint density at radius 3 is 2.54 bits per heavy atom. The molecule has 1 aliphatic heterocycles. The van der Waals surface area contributed by atoms with E-state index in [0.29, 0.717) is 28.5 Å². The number of rotatable bonds is 4. The predicted octanol–water partition coefficient (Wildman–Crippen LogP) is 2.31. The van der Waals surface area contributed by atoms with Gasteiger partial charge in [0.15, 0.2) is 5.82 Å². The molecule has 0 atom stereocenters. The van der Waals surface area contributed by atoms with Crippen molar-refractivity contribution in [1.82, 2.24) is 25.1 Å². The molecule has 3 aromatic rings. The van der Waals surface area contributed by atoms with Crippen molar-refractivity contribution in [1.29, 1.82) is 0 Å². The molecule has 1 N–H and O–H groups in total. The summed E-state index contributed by atoms with van der Waals surface area (Å²) in [4.78, 5) is 14.7. The molecule has 0 bridgehead atoms. The number of aromatic hydroxyl groups is 1. The van der Waals surface area contributed by atoms with Gasteiger partial charge in [-0.1, -0.05) is 0 Å². The number of nitrogens with zero attached hydrogens (tertiary/aromatic N) is 6. The van der Waals surface area contributed by atoms with Gasteiger partial charge < -0.3 is 14.7 Å². The zero-order valence-electron chi connectivity index (χ0n) is 14.3. The summed E-state index contributed by atoms with van der Waals surface area (Å²) in [5.74, 6) is 1.32. The van der Waals surface area contributed by atoms with E-state index in [-0.39, 0.29) is 5.75 Å². The first kappa shape index (κ1) is 16.2. The summed E-state index contributed by atoms with van der Waals surface area (Å²) in [6, 6.07) is 7.02. The van der Waals surface area contributed by atoms with Crippen LogP contribution in [0.25, 0.3) is 22.6 Å². The fourth-order valence-corrected chi connectivity index (χ4v) is 2.97. The first-order valence-electron chi connectivity index (χ1n) is 8.39. The molecule has 0 aromatic carbocycles. The van der Waals surface area contributed by atoms with Crippen molar-refractivity contribution in [2.75, 3.05) is 25.1 Å². The summed E-state index contributed by atoms with van der Waals surface area (Å²) < 4.78 is 5.10. The maximum Gasteiger partial charge on any atom is 0.216 e. The first-order chi connectivity index (χ1) is 12.7. The highest BCUT2D eigenvalue weighted by molar-refractivity contribution is 5.69. The van der Waals surface area contributed by atoms with E-state index in [2.05, 4.69) is 30.0 Å². The third kappa shape index (κ3) is 3.13. The lowest BCUT2D eigenvalue weighted by Crippen LogP contribution is -2.19. The topological polar surface area (TPSA) is 97.2 Å². The molecule has 8 nitrogen and oxygen atoms in total. The first-order valence-corrected chi connectivity index (χ1v) is 8.39. The molecule has 1 aliphatic rings. The molecule has 0 spiro atoms. The van der Waals surface area contributed by atoms with Gasteiger partial charge in [0.25, 0.3) is 0 Å². The number of ether oxygens (including phenoxy) is 1. The van der Waals surface area contributed by atoms with Crippen molar-refractivity contribution in [2.45, 2.75) is 12.8 Å². The summed E-state index contributed by atoms with van der Waals surface area (Å²) in [5, 5.41) is 18.9. The van der Waals surface area contributed by atoms with E-state index in [0.717, 1.165) is 18.9 Å². The van der Waals surface area contributed by atoms with Crippen molar-refractivity contribution < 1.29 is 9.84 Å². The summed E-state index contributed by atoms with van der Waals surface area (Å²) in [7, 11) is 1.54. The molecule has 8 heteroatoms. The highest BCUT2D eigenvalue weighted by Crippen LogP contribution is 2.30. The summed E-state index contributed by atoms with van der Waals surface area (Å²) in [5.41, 5.74) is 2.18. The summed E-state index contributed by atoms with van der Waals surface area (Å²) in [6.07, 6.45) is 5.40. The quantitative estimate of drug-likeness (QED) is 0.765. The monoisotopic (exact) mass is 350 g/mol. The third-order valence-electron chi connectivity index (χ3n) is 4.34. The minimum absolute atomic E-state index is 0.0169.